The van der Waals surface area contributed by atoms with E-state index < -0.39 is 0 Å². The maximum atomic E-state index is 12.1. The Balaban J connectivity index is 2.43. The van der Waals surface area contributed by atoms with Gasteiger partial charge in [0, 0.05) is 19.1 Å². The fraction of sp³-hybridized carbons (Fsp3) is 0.923. The summed E-state index contributed by atoms with van der Waals surface area (Å²) in [5.41, 5.74) is 5.77. The number of rotatable bonds is 4. The van der Waals surface area contributed by atoms with Gasteiger partial charge in [-0.2, -0.15) is 0 Å². The number of amides is 1. The minimum atomic E-state index is -0.0448. The zero-order chi connectivity index (χ0) is 12.3. The molecule has 3 unspecified atom stereocenters. The summed E-state index contributed by atoms with van der Waals surface area (Å²) in [6.07, 6.45) is 2.39. The molecule has 94 valence electrons. The number of carbonyl (C=O) groups is 1. The lowest BCUT2D eigenvalue weighted by Crippen LogP contribution is -2.40. The zero-order valence-corrected chi connectivity index (χ0v) is 11.1. The molecule has 1 heterocycles. The van der Waals surface area contributed by atoms with Crippen LogP contribution in [0.25, 0.3) is 0 Å². The summed E-state index contributed by atoms with van der Waals surface area (Å²) in [7, 11) is 0. The van der Waals surface area contributed by atoms with Gasteiger partial charge in [0.1, 0.15) is 0 Å². The minimum absolute atomic E-state index is 0.0437. The lowest BCUT2D eigenvalue weighted by Gasteiger charge is -2.23. The van der Waals surface area contributed by atoms with Gasteiger partial charge in [0.15, 0.2) is 0 Å². The van der Waals surface area contributed by atoms with E-state index >= 15 is 0 Å². The number of hydrogen-bond donors (Lipinski definition) is 1. The first-order valence-corrected chi connectivity index (χ1v) is 6.46. The van der Waals surface area contributed by atoms with Crippen LogP contribution in [0.5, 0.6) is 0 Å². The third kappa shape index (κ3) is 3.48. The lowest BCUT2D eigenvalue weighted by molar-refractivity contribution is -0.134. The second kappa shape index (κ2) is 5.67. The van der Waals surface area contributed by atoms with Crippen molar-refractivity contribution in [2.75, 3.05) is 13.1 Å². The molecular weight excluding hydrogens is 200 g/mol. The number of nitrogens with zero attached hydrogens (tertiary/aromatic N) is 1. The number of carbonyl (C=O) groups excluding carboxylic acids is 1. The number of nitrogens with two attached hydrogens (primary N) is 1. The molecule has 1 aliphatic heterocycles. The fourth-order valence-electron chi connectivity index (χ4n) is 2.40. The summed E-state index contributed by atoms with van der Waals surface area (Å²) in [6.45, 7) is 10.2. The summed E-state index contributed by atoms with van der Waals surface area (Å²) in [5.74, 6) is 1.62. The van der Waals surface area contributed by atoms with Crippen LogP contribution in [-0.4, -0.2) is 29.9 Å². The summed E-state index contributed by atoms with van der Waals surface area (Å²) in [4.78, 5) is 14.1. The van der Waals surface area contributed by atoms with Crippen LogP contribution in [0.3, 0.4) is 0 Å². The van der Waals surface area contributed by atoms with E-state index in [0.29, 0.717) is 5.92 Å². The van der Waals surface area contributed by atoms with Crippen molar-refractivity contribution in [2.24, 2.45) is 23.5 Å². The van der Waals surface area contributed by atoms with Gasteiger partial charge in [0.2, 0.25) is 5.91 Å². The van der Waals surface area contributed by atoms with Gasteiger partial charge in [-0.3, -0.25) is 4.79 Å². The molecule has 1 rings (SSSR count). The van der Waals surface area contributed by atoms with Crippen LogP contribution < -0.4 is 5.73 Å². The van der Waals surface area contributed by atoms with Crippen molar-refractivity contribution in [1.29, 1.82) is 0 Å². The average Bonchev–Trinajstić information content (AvgIpc) is 2.62. The Hall–Kier alpha value is -0.570. The van der Waals surface area contributed by atoms with E-state index in [1.165, 1.54) is 6.42 Å². The molecule has 0 radical (unpaired) electrons. The average molecular weight is 226 g/mol. The van der Waals surface area contributed by atoms with Crippen LogP contribution in [0, 0.1) is 17.8 Å². The highest BCUT2D eigenvalue weighted by Crippen LogP contribution is 2.24. The molecular formula is C13H26N2O. The van der Waals surface area contributed by atoms with Crippen molar-refractivity contribution < 1.29 is 4.79 Å². The molecule has 2 N–H and O–H groups in total. The summed E-state index contributed by atoms with van der Waals surface area (Å²) < 4.78 is 0. The SMILES string of the molecule is CC(C)CC1CCN(C(=O)C(C)C(C)N)C1. The molecule has 0 aromatic heterocycles. The monoisotopic (exact) mass is 226 g/mol. The van der Waals surface area contributed by atoms with Crippen LogP contribution in [0.2, 0.25) is 0 Å². The molecule has 16 heavy (non-hydrogen) atoms. The molecule has 3 nitrogen and oxygen atoms in total. The molecule has 0 bridgehead atoms. The molecule has 0 aliphatic carbocycles. The Morgan fingerprint density at radius 2 is 2.00 bits per heavy atom. The van der Waals surface area contributed by atoms with E-state index in [2.05, 4.69) is 13.8 Å². The molecule has 0 aromatic carbocycles. The highest BCUT2D eigenvalue weighted by molar-refractivity contribution is 5.79. The first kappa shape index (κ1) is 13.5. The van der Waals surface area contributed by atoms with Gasteiger partial charge in [0.05, 0.1) is 5.92 Å². The zero-order valence-electron chi connectivity index (χ0n) is 11.1. The molecule has 1 fully saturated rings. The molecule has 0 aromatic rings. The summed E-state index contributed by atoms with van der Waals surface area (Å²) >= 11 is 0. The third-order valence-electron chi connectivity index (χ3n) is 3.58. The van der Waals surface area contributed by atoms with Crippen LogP contribution in [0.4, 0.5) is 0 Å². The Labute approximate surface area is 99.4 Å². The largest absolute Gasteiger partial charge is 0.342 e. The van der Waals surface area contributed by atoms with Gasteiger partial charge in [-0.25, -0.2) is 0 Å². The van der Waals surface area contributed by atoms with Crippen molar-refractivity contribution in [1.82, 2.24) is 4.90 Å². The van der Waals surface area contributed by atoms with Crippen molar-refractivity contribution in [2.45, 2.75) is 46.6 Å². The Kier molecular flexibility index (Phi) is 4.78. The van der Waals surface area contributed by atoms with Gasteiger partial charge in [0.25, 0.3) is 0 Å². The summed E-state index contributed by atoms with van der Waals surface area (Å²) in [6, 6.07) is -0.0448. The van der Waals surface area contributed by atoms with E-state index in [-0.39, 0.29) is 17.9 Å². The maximum Gasteiger partial charge on any atom is 0.226 e. The van der Waals surface area contributed by atoms with E-state index in [4.69, 9.17) is 5.73 Å². The van der Waals surface area contributed by atoms with Crippen molar-refractivity contribution in [3.63, 3.8) is 0 Å². The highest BCUT2D eigenvalue weighted by Gasteiger charge is 2.30. The summed E-state index contributed by atoms with van der Waals surface area (Å²) in [5, 5.41) is 0. The Morgan fingerprint density at radius 1 is 1.38 bits per heavy atom. The Morgan fingerprint density at radius 3 is 2.50 bits per heavy atom. The molecule has 3 atom stereocenters. The first-order chi connectivity index (χ1) is 7.41. The topological polar surface area (TPSA) is 46.3 Å². The van der Waals surface area contributed by atoms with Gasteiger partial charge < -0.3 is 10.6 Å². The predicted molar refractivity (Wildman–Crippen MR) is 67.0 cm³/mol. The van der Waals surface area contributed by atoms with Gasteiger partial charge in [-0.1, -0.05) is 20.8 Å². The quantitative estimate of drug-likeness (QED) is 0.795. The van der Waals surface area contributed by atoms with E-state index in [1.807, 2.05) is 18.7 Å². The Bertz CT molecular complexity index is 238. The molecule has 1 saturated heterocycles. The molecule has 1 amide bonds. The third-order valence-corrected chi connectivity index (χ3v) is 3.58. The minimum Gasteiger partial charge on any atom is -0.342 e. The number of hydrogen-bond acceptors (Lipinski definition) is 2. The van der Waals surface area contributed by atoms with Crippen LogP contribution in [-0.2, 0) is 4.79 Å². The predicted octanol–water partition coefficient (Wildman–Crippen LogP) is 1.86. The smallest absolute Gasteiger partial charge is 0.226 e. The van der Waals surface area contributed by atoms with Gasteiger partial charge >= 0.3 is 0 Å². The number of likely N-dealkylation sites (tertiary alicyclic amines) is 1. The maximum absolute atomic E-state index is 12.1. The fourth-order valence-corrected chi connectivity index (χ4v) is 2.40. The van der Waals surface area contributed by atoms with E-state index in [0.717, 1.165) is 25.4 Å². The molecule has 1 aliphatic rings. The standard InChI is InChI=1S/C13H26N2O/c1-9(2)7-12-5-6-15(8-12)13(16)10(3)11(4)14/h9-12H,5-8,14H2,1-4H3. The van der Waals surface area contributed by atoms with Crippen molar-refractivity contribution >= 4 is 5.91 Å². The van der Waals surface area contributed by atoms with Crippen molar-refractivity contribution in [3.05, 3.63) is 0 Å². The van der Waals surface area contributed by atoms with Gasteiger partial charge in [-0.05, 0) is 31.6 Å². The second-order valence-electron chi connectivity index (χ2n) is 5.72. The highest BCUT2D eigenvalue weighted by atomic mass is 16.2. The normalized spacial score (nSPS) is 24.9. The molecule has 0 spiro atoms. The molecule has 3 heteroatoms. The van der Waals surface area contributed by atoms with E-state index in [1.54, 1.807) is 0 Å². The van der Waals surface area contributed by atoms with Crippen LogP contribution >= 0.6 is 0 Å². The lowest BCUT2D eigenvalue weighted by atomic mass is 9.96. The molecule has 0 saturated carbocycles. The van der Waals surface area contributed by atoms with Crippen LogP contribution in [0.1, 0.15) is 40.5 Å². The van der Waals surface area contributed by atoms with E-state index in [9.17, 15) is 4.79 Å². The van der Waals surface area contributed by atoms with Crippen molar-refractivity contribution in [3.8, 4) is 0 Å². The first-order valence-electron chi connectivity index (χ1n) is 6.46. The van der Waals surface area contributed by atoms with Gasteiger partial charge in [-0.15, -0.1) is 0 Å². The second-order valence-corrected chi connectivity index (χ2v) is 5.72. The van der Waals surface area contributed by atoms with Crippen LogP contribution in [0.15, 0.2) is 0 Å².